The van der Waals surface area contributed by atoms with Crippen LogP contribution in [0.15, 0.2) is 6.07 Å². The van der Waals surface area contributed by atoms with E-state index in [2.05, 4.69) is 10.3 Å². The quantitative estimate of drug-likeness (QED) is 0.851. The molecule has 0 spiro atoms. The van der Waals surface area contributed by atoms with Crippen LogP contribution in [-0.2, 0) is 9.53 Å². The van der Waals surface area contributed by atoms with Gasteiger partial charge in [0.25, 0.3) is 0 Å². The van der Waals surface area contributed by atoms with E-state index in [0.29, 0.717) is 18.3 Å². The van der Waals surface area contributed by atoms with Crippen LogP contribution in [0, 0.1) is 13.8 Å². The molecule has 0 aromatic carbocycles. The fraction of sp³-hybridized carbons (Fsp3) is 0.611. The summed E-state index contributed by atoms with van der Waals surface area (Å²) in [5.41, 5.74) is 3.07. The molecule has 1 N–H and O–H groups in total. The number of ether oxygens (including phenoxy) is 1. The van der Waals surface area contributed by atoms with Crippen molar-refractivity contribution in [3.63, 3.8) is 0 Å². The molecule has 24 heavy (non-hydrogen) atoms. The lowest BCUT2D eigenvalue weighted by molar-refractivity contribution is -0.140. The Morgan fingerprint density at radius 1 is 1.29 bits per heavy atom. The Morgan fingerprint density at radius 2 is 2.04 bits per heavy atom. The summed E-state index contributed by atoms with van der Waals surface area (Å²) in [6, 6.07) is 2.04. The average Bonchev–Trinajstić information content (AvgIpc) is 2.92. The Morgan fingerprint density at radius 3 is 2.75 bits per heavy atom. The summed E-state index contributed by atoms with van der Waals surface area (Å²) in [4.78, 5) is 21.2. The standard InChI is InChI=1S/C18H26N4O2/c1-4-24-15(23)11-19-17-16(14-8-6-5-7-9-14)21-18-20-12(2)10-13(3)22(17)18/h10,14,19H,4-9,11H2,1-3H3. The maximum Gasteiger partial charge on any atom is 0.325 e. The molecule has 1 saturated carbocycles. The molecule has 2 aromatic rings. The molecule has 3 rings (SSSR count). The zero-order valence-corrected chi connectivity index (χ0v) is 14.8. The third-order valence-corrected chi connectivity index (χ3v) is 4.63. The lowest BCUT2D eigenvalue weighted by Crippen LogP contribution is -2.19. The van der Waals surface area contributed by atoms with Crippen molar-refractivity contribution in [2.24, 2.45) is 0 Å². The van der Waals surface area contributed by atoms with E-state index in [9.17, 15) is 4.79 Å². The monoisotopic (exact) mass is 330 g/mol. The summed E-state index contributed by atoms with van der Waals surface area (Å²) in [5, 5.41) is 3.26. The first-order chi connectivity index (χ1) is 11.6. The SMILES string of the molecule is CCOC(=O)CNc1c(C2CCCCC2)nc2nc(C)cc(C)n12. The van der Waals surface area contributed by atoms with Crippen LogP contribution in [0.25, 0.3) is 5.78 Å². The van der Waals surface area contributed by atoms with E-state index in [0.717, 1.165) is 35.7 Å². The number of anilines is 1. The highest BCUT2D eigenvalue weighted by atomic mass is 16.5. The number of nitrogens with zero attached hydrogens (tertiary/aromatic N) is 3. The Labute approximate surface area is 142 Å². The van der Waals surface area contributed by atoms with Crippen LogP contribution in [0.1, 0.15) is 62.0 Å². The van der Waals surface area contributed by atoms with E-state index in [4.69, 9.17) is 9.72 Å². The minimum atomic E-state index is -0.250. The molecule has 1 aliphatic rings. The van der Waals surface area contributed by atoms with Crippen LogP contribution < -0.4 is 5.32 Å². The molecule has 6 heteroatoms. The van der Waals surface area contributed by atoms with Gasteiger partial charge >= 0.3 is 5.97 Å². The predicted octanol–water partition coefficient (Wildman–Crippen LogP) is 3.37. The fourth-order valence-electron chi connectivity index (χ4n) is 3.59. The van der Waals surface area contributed by atoms with Crippen molar-refractivity contribution in [2.75, 3.05) is 18.5 Å². The second kappa shape index (κ2) is 7.20. The van der Waals surface area contributed by atoms with Crippen LogP contribution in [0.2, 0.25) is 0 Å². The molecule has 1 fully saturated rings. The highest BCUT2D eigenvalue weighted by Gasteiger charge is 2.25. The molecule has 0 atom stereocenters. The first-order valence-electron chi connectivity index (χ1n) is 8.86. The largest absolute Gasteiger partial charge is 0.465 e. The number of rotatable bonds is 5. The third-order valence-electron chi connectivity index (χ3n) is 4.63. The van der Waals surface area contributed by atoms with Crippen molar-refractivity contribution in [3.05, 3.63) is 23.1 Å². The number of fused-ring (bicyclic) bond motifs is 1. The highest BCUT2D eigenvalue weighted by molar-refractivity contribution is 5.75. The van der Waals surface area contributed by atoms with Crippen molar-refractivity contribution < 1.29 is 9.53 Å². The van der Waals surface area contributed by atoms with Gasteiger partial charge in [0.2, 0.25) is 5.78 Å². The molecule has 0 saturated heterocycles. The summed E-state index contributed by atoms with van der Waals surface area (Å²) >= 11 is 0. The van der Waals surface area contributed by atoms with E-state index < -0.39 is 0 Å². The number of carbonyl (C=O) groups is 1. The molecule has 6 nitrogen and oxygen atoms in total. The first kappa shape index (κ1) is 16.7. The number of hydrogen-bond acceptors (Lipinski definition) is 5. The van der Waals surface area contributed by atoms with Gasteiger partial charge in [0.1, 0.15) is 12.4 Å². The minimum Gasteiger partial charge on any atom is -0.465 e. The van der Waals surface area contributed by atoms with Crippen molar-refractivity contribution in [1.29, 1.82) is 0 Å². The van der Waals surface area contributed by atoms with Crippen molar-refractivity contribution in [2.45, 2.75) is 58.8 Å². The van der Waals surface area contributed by atoms with Gasteiger partial charge in [0.15, 0.2) is 0 Å². The van der Waals surface area contributed by atoms with Gasteiger partial charge in [-0.2, -0.15) is 0 Å². The number of imidazole rings is 1. The summed E-state index contributed by atoms with van der Waals surface area (Å²) in [6.07, 6.45) is 6.07. The van der Waals surface area contributed by atoms with E-state index in [1.54, 1.807) is 0 Å². The lowest BCUT2D eigenvalue weighted by atomic mass is 9.87. The van der Waals surface area contributed by atoms with E-state index >= 15 is 0 Å². The van der Waals surface area contributed by atoms with Crippen LogP contribution in [-0.4, -0.2) is 33.5 Å². The van der Waals surface area contributed by atoms with Gasteiger partial charge in [-0.25, -0.2) is 9.97 Å². The van der Waals surface area contributed by atoms with Gasteiger partial charge in [-0.3, -0.25) is 9.20 Å². The predicted molar refractivity (Wildman–Crippen MR) is 93.4 cm³/mol. The molecular weight excluding hydrogens is 304 g/mol. The van der Waals surface area contributed by atoms with Crippen LogP contribution >= 0.6 is 0 Å². The Hall–Kier alpha value is -2.11. The molecule has 0 unspecified atom stereocenters. The number of hydrogen-bond donors (Lipinski definition) is 1. The second-order valence-electron chi connectivity index (χ2n) is 6.51. The summed E-state index contributed by atoms with van der Waals surface area (Å²) in [6.45, 7) is 6.38. The molecular formula is C18H26N4O2. The summed E-state index contributed by atoms with van der Waals surface area (Å²) in [7, 11) is 0. The van der Waals surface area contributed by atoms with Crippen LogP contribution in [0.5, 0.6) is 0 Å². The Kier molecular flexibility index (Phi) is 5.02. The maximum atomic E-state index is 11.8. The van der Waals surface area contributed by atoms with E-state index in [1.165, 1.54) is 19.3 Å². The highest BCUT2D eigenvalue weighted by Crippen LogP contribution is 2.36. The van der Waals surface area contributed by atoms with Gasteiger partial charge in [-0.15, -0.1) is 0 Å². The van der Waals surface area contributed by atoms with Crippen molar-refractivity contribution >= 4 is 17.6 Å². The molecule has 1 aliphatic carbocycles. The van der Waals surface area contributed by atoms with Crippen molar-refractivity contribution in [3.8, 4) is 0 Å². The summed E-state index contributed by atoms with van der Waals surface area (Å²) in [5.74, 6) is 1.79. The number of carbonyl (C=O) groups excluding carboxylic acids is 1. The topological polar surface area (TPSA) is 68.5 Å². The fourth-order valence-corrected chi connectivity index (χ4v) is 3.59. The number of aryl methyl sites for hydroxylation is 2. The molecule has 2 heterocycles. The smallest absolute Gasteiger partial charge is 0.325 e. The Bertz CT molecular complexity index is 732. The normalized spacial score (nSPS) is 15.6. The average molecular weight is 330 g/mol. The van der Waals surface area contributed by atoms with Gasteiger partial charge in [0, 0.05) is 17.3 Å². The Balaban J connectivity index is 1.99. The van der Waals surface area contributed by atoms with Gasteiger partial charge in [-0.1, -0.05) is 19.3 Å². The minimum absolute atomic E-state index is 0.147. The van der Waals surface area contributed by atoms with Gasteiger partial charge in [-0.05, 0) is 39.7 Å². The number of aromatic nitrogens is 3. The molecule has 0 aliphatic heterocycles. The molecule has 130 valence electrons. The van der Waals surface area contributed by atoms with Crippen molar-refractivity contribution in [1.82, 2.24) is 14.4 Å². The number of esters is 1. The van der Waals surface area contributed by atoms with Crippen LogP contribution in [0.4, 0.5) is 5.82 Å². The second-order valence-corrected chi connectivity index (χ2v) is 6.51. The zero-order chi connectivity index (χ0) is 17.1. The van der Waals surface area contributed by atoms with Gasteiger partial charge in [0.05, 0.1) is 12.3 Å². The van der Waals surface area contributed by atoms with E-state index in [1.807, 2.05) is 31.2 Å². The van der Waals surface area contributed by atoms with Crippen LogP contribution in [0.3, 0.4) is 0 Å². The summed E-state index contributed by atoms with van der Waals surface area (Å²) < 4.78 is 7.06. The molecule has 0 amide bonds. The lowest BCUT2D eigenvalue weighted by Gasteiger charge is -2.21. The molecule has 0 bridgehead atoms. The maximum absolute atomic E-state index is 11.8. The number of nitrogens with one attached hydrogen (secondary N) is 1. The first-order valence-corrected chi connectivity index (χ1v) is 8.86. The van der Waals surface area contributed by atoms with Gasteiger partial charge < -0.3 is 10.1 Å². The third kappa shape index (κ3) is 3.37. The molecule has 0 radical (unpaired) electrons. The van der Waals surface area contributed by atoms with E-state index in [-0.39, 0.29) is 12.5 Å². The zero-order valence-electron chi connectivity index (χ0n) is 14.8. The molecule has 2 aromatic heterocycles.